The zero-order valence-corrected chi connectivity index (χ0v) is 7.45. The first kappa shape index (κ1) is 8.52. The van der Waals surface area contributed by atoms with Gasteiger partial charge in [-0.25, -0.2) is 0 Å². The summed E-state index contributed by atoms with van der Waals surface area (Å²) in [6.45, 7) is 0. The van der Waals surface area contributed by atoms with Crippen LogP contribution in [0.1, 0.15) is 38.5 Å². The van der Waals surface area contributed by atoms with Crippen LogP contribution in [0.5, 0.6) is 0 Å². The maximum absolute atomic E-state index is 9.71. The molecule has 0 saturated heterocycles. The molecule has 2 saturated carbocycles. The van der Waals surface area contributed by atoms with Gasteiger partial charge in [0, 0.05) is 0 Å². The first-order valence-corrected chi connectivity index (χ1v) is 5.13. The van der Waals surface area contributed by atoms with E-state index in [2.05, 4.69) is 0 Å². The Kier molecular flexibility index (Phi) is 2.37. The van der Waals surface area contributed by atoms with Crippen molar-refractivity contribution in [3.63, 3.8) is 0 Å². The van der Waals surface area contributed by atoms with Gasteiger partial charge in [-0.3, -0.25) is 0 Å². The van der Waals surface area contributed by atoms with Crippen molar-refractivity contribution < 1.29 is 10.2 Å². The second-order valence-corrected chi connectivity index (χ2v) is 4.39. The summed E-state index contributed by atoms with van der Waals surface area (Å²) in [5.74, 6) is 1.11. The van der Waals surface area contributed by atoms with E-state index in [4.69, 9.17) is 0 Å². The summed E-state index contributed by atoms with van der Waals surface area (Å²) in [5, 5.41) is 19.2. The number of aliphatic hydroxyl groups excluding tert-OH is 2. The molecule has 70 valence electrons. The molecule has 12 heavy (non-hydrogen) atoms. The van der Waals surface area contributed by atoms with Crippen LogP contribution in [0.4, 0.5) is 0 Å². The number of rotatable bonds is 0. The molecular weight excluding hydrogens is 152 g/mol. The Morgan fingerprint density at radius 1 is 0.917 bits per heavy atom. The van der Waals surface area contributed by atoms with E-state index in [1.807, 2.05) is 0 Å². The average molecular weight is 170 g/mol. The van der Waals surface area contributed by atoms with E-state index in [1.54, 1.807) is 0 Å². The molecule has 2 fully saturated rings. The van der Waals surface area contributed by atoms with Crippen LogP contribution in [-0.4, -0.2) is 22.4 Å². The molecule has 0 amide bonds. The lowest BCUT2D eigenvalue weighted by atomic mass is 9.69. The first-order chi connectivity index (χ1) is 5.77. The number of hydrogen-bond donors (Lipinski definition) is 2. The van der Waals surface area contributed by atoms with Crippen molar-refractivity contribution in [1.82, 2.24) is 0 Å². The van der Waals surface area contributed by atoms with Gasteiger partial charge in [-0.15, -0.1) is 0 Å². The topological polar surface area (TPSA) is 40.5 Å². The Hall–Kier alpha value is -0.0800. The lowest BCUT2D eigenvalue weighted by Gasteiger charge is -2.40. The van der Waals surface area contributed by atoms with Gasteiger partial charge in [0.1, 0.15) is 0 Å². The minimum atomic E-state index is -0.140. The Balaban J connectivity index is 2.00. The van der Waals surface area contributed by atoms with Crippen molar-refractivity contribution in [2.45, 2.75) is 50.7 Å². The number of fused-ring (bicyclic) bond motifs is 1. The fourth-order valence-electron chi connectivity index (χ4n) is 2.88. The van der Waals surface area contributed by atoms with E-state index in [-0.39, 0.29) is 12.2 Å². The minimum absolute atomic E-state index is 0.126. The summed E-state index contributed by atoms with van der Waals surface area (Å²) in [5.41, 5.74) is 0. The van der Waals surface area contributed by atoms with Gasteiger partial charge in [0.15, 0.2) is 0 Å². The predicted molar refractivity (Wildman–Crippen MR) is 46.7 cm³/mol. The molecule has 2 nitrogen and oxygen atoms in total. The van der Waals surface area contributed by atoms with Crippen molar-refractivity contribution in [1.29, 1.82) is 0 Å². The fourth-order valence-corrected chi connectivity index (χ4v) is 2.88. The van der Waals surface area contributed by atoms with Crippen LogP contribution in [0.3, 0.4) is 0 Å². The summed E-state index contributed by atoms with van der Waals surface area (Å²) < 4.78 is 0. The number of hydrogen-bond acceptors (Lipinski definition) is 2. The smallest absolute Gasteiger partial charge is 0.0572 e. The number of aliphatic hydroxyl groups is 2. The molecule has 2 rings (SSSR count). The van der Waals surface area contributed by atoms with Crippen LogP contribution in [0.25, 0.3) is 0 Å². The summed E-state index contributed by atoms with van der Waals surface area (Å²) in [7, 11) is 0. The van der Waals surface area contributed by atoms with Crippen LogP contribution in [0, 0.1) is 11.8 Å². The van der Waals surface area contributed by atoms with E-state index >= 15 is 0 Å². The second-order valence-electron chi connectivity index (χ2n) is 4.39. The summed E-state index contributed by atoms with van der Waals surface area (Å²) in [4.78, 5) is 0. The second kappa shape index (κ2) is 3.35. The maximum Gasteiger partial charge on any atom is 0.0572 e. The molecule has 0 radical (unpaired) electrons. The van der Waals surface area contributed by atoms with Crippen molar-refractivity contribution in [2.75, 3.05) is 0 Å². The molecule has 2 heteroatoms. The molecular formula is C10H18O2. The highest BCUT2D eigenvalue weighted by Gasteiger charge is 2.36. The van der Waals surface area contributed by atoms with Gasteiger partial charge in [0.2, 0.25) is 0 Å². The lowest BCUT2D eigenvalue weighted by molar-refractivity contribution is -0.0301. The molecule has 0 aliphatic heterocycles. The Morgan fingerprint density at radius 3 is 2.58 bits per heavy atom. The van der Waals surface area contributed by atoms with E-state index < -0.39 is 0 Å². The van der Waals surface area contributed by atoms with Gasteiger partial charge in [0.25, 0.3) is 0 Å². The summed E-state index contributed by atoms with van der Waals surface area (Å²) in [6, 6.07) is 0. The van der Waals surface area contributed by atoms with E-state index in [0.29, 0.717) is 11.8 Å². The molecule has 0 spiro atoms. The van der Waals surface area contributed by atoms with Crippen molar-refractivity contribution in [2.24, 2.45) is 11.8 Å². The Bertz CT molecular complexity index is 158. The molecule has 0 aromatic rings. The van der Waals surface area contributed by atoms with Gasteiger partial charge in [0.05, 0.1) is 12.2 Å². The minimum Gasteiger partial charge on any atom is -0.393 e. The molecule has 2 aliphatic carbocycles. The monoisotopic (exact) mass is 170 g/mol. The van der Waals surface area contributed by atoms with Crippen LogP contribution >= 0.6 is 0 Å². The quantitative estimate of drug-likeness (QED) is 0.575. The molecule has 3 unspecified atom stereocenters. The Morgan fingerprint density at radius 2 is 1.75 bits per heavy atom. The third kappa shape index (κ3) is 1.50. The lowest BCUT2D eigenvalue weighted by Crippen LogP contribution is -2.38. The third-order valence-corrected chi connectivity index (χ3v) is 3.59. The van der Waals surface area contributed by atoms with E-state index in [9.17, 15) is 10.2 Å². The van der Waals surface area contributed by atoms with E-state index in [0.717, 1.165) is 25.7 Å². The molecule has 2 N–H and O–H groups in total. The standard InChI is InChI=1S/C10H18O2/c11-8-5-4-7-2-1-3-10(12)9(7)6-8/h7-12H,1-6H2/t7?,8?,9-,10?/m0/s1. The fraction of sp³-hybridized carbons (Fsp3) is 1.00. The van der Waals surface area contributed by atoms with Gasteiger partial charge in [-0.1, -0.05) is 6.42 Å². The maximum atomic E-state index is 9.71. The van der Waals surface area contributed by atoms with Gasteiger partial charge >= 0.3 is 0 Å². The summed E-state index contributed by atoms with van der Waals surface area (Å²) >= 11 is 0. The largest absolute Gasteiger partial charge is 0.393 e. The SMILES string of the molecule is OC1CCC2CCCC(O)[C@H]2C1. The molecule has 0 bridgehead atoms. The molecule has 0 aromatic carbocycles. The highest BCUT2D eigenvalue weighted by molar-refractivity contribution is 4.87. The normalized spacial score (nSPS) is 48.5. The van der Waals surface area contributed by atoms with Crippen LogP contribution in [0.2, 0.25) is 0 Å². The van der Waals surface area contributed by atoms with Gasteiger partial charge in [-0.05, 0) is 43.9 Å². The highest BCUT2D eigenvalue weighted by atomic mass is 16.3. The average Bonchev–Trinajstić information content (AvgIpc) is 2.07. The molecule has 2 aliphatic rings. The molecule has 0 aromatic heterocycles. The zero-order valence-electron chi connectivity index (χ0n) is 7.45. The first-order valence-electron chi connectivity index (χ1n) is 5.13. The molecule has 4 atom stereocenters. The van der Waals surface area contributed by atoms with Crippen LogP contribution in [0.15, 0.2) is 0 Å². The Labute approximate surface area is 73.6 Å². The van der Waals surface area contributed by atoms with E-state index in [1.165, 1.54) is 12.8 Å². The van der Waals surface area contributed by atoms with Crippen molar-refractivity contribution in [3.05, 3.63) is 0 Å². The molecule has 0 heterocycles. The van der Waals surface area contributed by atoms with Gasteiger partial charge in [-0.2, -0.15) is 0 Å². The highest BCUT2D eigenvalue weighted by Crippen LogP contribution is 2.40. The van der Waals surface area contributed by atoms with Crippen molar-refractivity contribution in [3.8, 4) is 0 Å². The zero-order chi connectivity index (χ0) is 8.55. The third-order valence-electron chi connectivity index (χ3n) is 3.59. The van der Waals surface area contributed by atoms with Crippen molar-refractivity contribution >= 4 is 0 Å². The van der Waals surface area contributed by atoms with Crippen LogP contribution < -0.4 is 0 Å². The van der Waals surface area contributed by atoms with Crippen LogP contribution in [-0.2, 0) is 0 Å². The summed E-state index contributed by atoms with van der Waals surface area (Å²) in [6.07, 6.45) is 6.06. The predicted octanol–water partition coefficient (Wildman–Crippen LogP) is 1.31. The van der Waals surface area contributed by atoms with Gasteiger partial charge < -0.3 is 10.2 Å².